The molecule has 2 N–H and O–H groups in total. The molecule has 3 fully saturated rings. The topological polar surface area (TPSA) is 142 Å². The number of benzene rings is 5. The highest BCUT2D eigenvalue weighted by atomic mass is 127. The number of phenols is 1. The number of fused-ring (bicyclic) bond motifs is 5. The summed E-state index contributed by atoms with van der Waals surface area (Å²) in [5.74, 6) is -6.01. The van der Waals surface area contributed by atoms with E-state index in [4.69, 9.17) is 20.8 Å². The summed E-state index contributed by atoms with van der Waals surface area (Å²) in [6.07, 6.45) is 2.23. The maximum atomic E-state index is 15.4. The van der Waals surface area contributed by atoms with Gasteiger partial charge in [-0.25, -0.2) is 9.37 Å². The van der Waals surface area contributed by atoms with Crippen LogP contribution in [-0.2, 0) is 24.6 Å². The first-order chi connectivity index (χ1) is 29.0. The Morgan fingerprint density at radius 3 is 2.37 bits per heavy atom. The number of carbonyl (C=O) groups excluding carboxylic acids is 4. The Balaban J connectivity index is 1.10. The molecule has 4 amide bonds. The third-order valence-electron chi connectivity index (χ3n) is 12.5. The zero-order chi connectivity index (χ0) is 41.6. The highest BCUT2D eigenvalue weighted by Gasteiger charge is 2.70. The van der Waals surface area contributed by atoms with E-state index < -0.39 is 58.5 Å². The minimum Gasteiger partial charge on any atom is -0.504 e. The van der Waals surface area contributed by atoms with Crippen molar-refractivity contribution in [3.05, 3.63) is 146 Å². The predicted molar refractivity (Wildman–Crippen MR) is 228 cm³/mol. The van der Waals surface area contributed by atoms with Crippen LogP contribution in [0, 0.1) is 33.1 Å². The Labute approximate surface area is 360 Å². The second-order valence-corrected chi connectivity index (χ2v) is 17.1. The molecular weight excluding hydrogens is 902 g/mol. The number of hydrogen-bond donors (Lipinski definition) is 2. The van der Waals surface area contributed by atoms with Gasteiger partial charge in [-0.3, -0.25) is 29.5 Å². The number of nitrogens with zero attached hydrogens (tertiary/aromatic N) is 3. The minimum atomic E-state index is -1.60. The molecule has 300 valence electrons. The number of aromatic nitrogens is 1. The summed E-state index contributed by atoms with van der Waals surface area (Å²) in [5, 5.41) is 12.4. The second-order valence-electron chi connectivity index (χ2n) is 15.5. The van der Waals surface area contributed by atoms with Crippen LogP contribution >= 0.6 is 34.2 Å². The van der Waals surface area contributed by atoms with Crippen LogP contribution in [0.5, 0.6) is 11.5 Å². The first-order valence-electron chi connectivity index (χ1n) is 19.3. The number of methoxy groups -OCH3 is 1. The zero-order valence-electron chi connectivity index (χ0n) is 31.6. The number of phenolic OH excluding ortho intramolecular Hbond substituents is 1. The highest BCUT2D eigenvalue weighted by molar-refractivity contribution is 14.1. The van der Waals surface area contributed by atoms with Crippen molar-refractivity contribution in [3.63, 3.8) is 0 Å². The van der Waals surface area contributed by atoms with E-state index >= 15 is 4.79 Å². The molecular formula is C46H33ClFIN4O7. The summed E-state index contributed by atoms with van der Waals surface area (Å²) in [6, 6.07) is 29.9. The third kappa shape index (κ3) is 5.69. The van der Waals surface area contributed by atoms with Gasteiger partial charge in [-0.1, -0.05) is 47.5 Å². The average Bonchev–Trinajstić information content (AvgIpc) is 3.87. The molecule has 60 heavy (non-hydrogen) atoms. The van der Waals surface area contributed by atoms with E-state index in [0.717, 1.165) is 10.6 Å². The number of nitrogens with one attached hydrogen (secondary N) is 1. The summed E-state index contributed by atoms with van der Waals surface area (Å²) in [7, 11) is 1.43. The van der Waals surface area contributed by atoms with Crippen LogP contribution in [0.1, 0.15) is 29.9 Å². The van der Waals surface area contributed by atoms with Crippen molar-refractivity contribution in [1.82, 2.24) is 9.99 Å². The summed E-state index contributed by atoms with van der Waals surface area (Å²) in [4.78, 5) is 65.4. The number of para-hydroxylation sites is 2. The van der Waals surface area contributed by atoms with Crippen LogP contribution in [0.4, 0.5) is 15.8 Å². The molecule has 0 unspecified atom stereocenters. The lowest BCUT2D eigenvalue weighted by atomic mass is 9.49. The molecule has 6 atom stereocenters. The van der Waals surface area contributed by atoms with E-state index in [9.17, 15) is 23.9 Å². The molecule has 4 aliphatic rings. The Bertz CT molecular complexity index is 2780. The van der Waals surface area contributed by atoms with Crippen LogP contribution in [0.3, 0.4) is 0 Å². The molecule has 1 saturated carbocycles. The van der Waals surface area contributed by atoms with Crippen LogP contribution < -0.4 is 15.1 Å². The third-order valence-corrected chi connectivity index (χ3v) is 13.6. The van der Waals surface area contributed by atoms with Crippen LogP contribution in [0.25, 0.3) is 22.6 Å². The number of amides is 4. The summed E-state index contributed by atoms with van der Waals surface area (Å²) in [5.41, 5.74) is 5.89. The quantitative estimate of drug-likeness (QED) is 0.0913. The normalized spacial score (nSPS) is 24.7. The van der Waals surface area contributed by atoms with Gasteiger partial charge >= 0.3 is 0 Å². The lowest BCUT2D eigenvalue weighted by Crippen LogP contribution is -2.53. The average molecular weight is 935 g/mol. The van der Waals surface area contributed by atoms with Crippen LogP contribution in [0.2, 0.25) is 5.02 Å². The predicted octanol–water partition coefficient (Wildman–Crippen LogP) is 8.80. The van der Waals surface area contributed by atoms with E-state index in [1.165, 1.54) is 36.3 Å². The molecule has 5 aromatic carbocycles. The van der Waals surface area contributed by atoms with Crippen molar-refractivity contribution in [3.8, 4) is 23.0 Å². The number of aromatic hydroxyl groups is 1. The first-order valence-corrected chi connectivity index (χ1v) is 20.7. The zero-order valence-corrected chi connectivity index (χ0v) is 34.6. The van der Waals surface area contributed by atoms with Gasteiger partial charge in [0.05, 0.1) is 45.2 Å². The number of halogens is 3. The second kappa shape index (κ2) is 14.3. The number of hydrazine groups is 1. The van der Waals surface area contributed by atoms with Crippen molar-refractivity contribution in [2.45, 2.75) is 24.2 Å². The fourth-order valence-corrected chi connectivity index (χ4v) is 10.7. The molecule has 10 rings (SSSR count). The van der Waals surface area contributed by atoms with Crippen molar-refractivity contribution in [1.29, 1.82) is 0 Å². The summed E-state index contributed by atoms with van der Waals surface area (Å²) in [6.45, 7) is 0. The summed E-state index contributed by atoms with van der Waals surface area (Å²) >= 11 is 8.41. The molecule has 11 nitrogen and oxygen atoms in total. The van der Waals surface area contributed by atoms with Crippen LogP contribution in [0.15, 0.2) is 125 Å². The number of ether oxygens (including phenoxy) is 1. The van der Waals surface area contributed by atoms with E-state index in [1.54, 1.807) is 60.7 Å². The molecule has 0 bridgehead atoms. The minimum absolute atomic E-state index is 0.0636. The number of rotatable bonds is 7. The SMILES string of the molecule is COc1cc([C@H]2C3=CC[C@@H]4C(=O)N(c5ccc(-c6nc7ccccc7o6)cc5)C(=O)[C@@H]4[C@@H]3C[C@H]3C(=O)N(Nc4ccc(F)cc4)C(=O)[C@@]23c2ccc(Cl)cc2)cc(I)c1O. The monoisotopic (exact) mass is 934 g/mol. The summed E-state index contributed by atoms with van der Waals surface area (Å²) < 4.78 is 26.0. The van der Waals surface area contributed by atoms with Gasteiger partial charge in [-0.05, 0) is 137 Å². The van der Waals surface area contributed by atoms with Gasteiger partial charge in [0.1, 0.15) is 11.3 Å². The number of anilines is 2. The van der Waals surface area contributed by atoms with Gasteiger partial charge in [0.15, 0.2) is 17.1 Å². The van der Waals surface area contributed by atoms with E-state index in [-0.39, 0.29) is 30.2 Å². The number of carbonyl (C=O) groups is 4. The Kier molecular flexibility index (Phi) is 9.09. The van der Waals surface area contributed by atoms with E-state index in [1.807, 2.05) is 52.9 Å². The number of oxazole rings is 1. The van der Waals surface area contributed by atoms with Gasteiger partial charge in [0.25, 0.3) is 11.8 Å². The van der Waals surface area contributed by atoms with Crippen molar-refractivity contribution >= 4 is 80.3 Å². The maximum absolute atomic E-state index is 15.4. The van der Waals surface area contributed by atoms with Gasteiger partial charge in [-0.2, -0.15) is 5.01 Å². The Hall–Kier alpha value is -6.06. The van der Waals surface area contributed by atoms with Crippen molar-refractivity contribution in [2.24, 2.45) is 23.7 Å². The molecule has 0 spiro atoms. The fraction of sp³-hybridized carbons (Fsp3) is 0.196. The lowest BCUT2D eigenvalue weighted by molar-refractivity contribution is -0.138. The lowest BCUT2D eigenvalue weighted by Gasteiger charge is -2.50. The smallest absolute Gasteiger partial charge is 0.260 e. The van der Waals surface area contributed by atoms with E-state index in [0.29, 0.717) is 53.6 Å². The standard InChI is InChI=1S/C46H33ClFIN4O7/c1-59-37-21-24(20-34(49)40(37)54)39-30-18-19-31-38(44(57)52(42(31)55)29-16-6-23(7-17-29)41-50-35-4-2-3-5-36(35)60-41)32(30)22-33-43(56)53(51-28-14-12-27(48)13-15-28)45(58)46(33,39)25-8-10-26(47)11-9-25/h2-18,20-21,31-33,38-39,51,54H,19,22H2,1H3/t31-,32+,33-,38-,39-,46+/m0/s1. The molecule has 6 aromatic rings. The number of hydrogen-bond acceptors (Lipinski definition) is 9. The van der Waals surface area contributed by atoms with Gasteiger partial charge in [0, 0.05) is 16.5 Å². The fourth-order valence-electron chi connectivity index (χ4n) is 9.95. The molecule has 2 saturated heterocycles. The van der Waals surface area contributed by atoms with Crippen LogP contribution in [-0.4, -0.2) is 45.8 Å². The van der Waals surface area contributed by atoms with Gasteiger partial charge in [0.2, 0.25) is 17.7 Å². The first kappa shape index (κ1) is 38.2. The molecule has 0 radical (unpaired) electrons. The van der Waals surface area contributed by atoms with Gasteiger partial charge < -0.3 is 14.3 Å². The number of imide groups is 2. The highest BCUT2D eigenvalue weighted by Crippen LogP contribution is 2.64. The molecule has 14 heteroatoms. The van der Waals surface area contributed by atoms with Crippen molar-refractivity contribution < 1.29 is 37.8 Å². The Morgan fingerprint density at radius 1 is 0.917 bits per heavy atom. The van der Waals surface area contributed by atoms with E-state index in [2.05, 4.69) is 10.4 Å². The maximum Gasteiger partial charge on any atom is 0.260 e. The number of allylic oxidation sites excluding steroid dienone is 2. The Morgan fingerprint density at radius 2 is 1.65 bits per heavy atom. The largest absolute Gasteiger partial charge is 0.504 e. The molecule has 2 aliphatic carbocycles. The molecule has 3 heterocycles. The van der Waals surface area contributed by atoms with Crippen molar-refractivity contribution in [2.75, 3.05) is 17.4 Å². The molecule has 1 aromatic heterocycles. The van der Waals surface area contributed by atoms with Gasteiger partial charge in [-0.15, -0.1) is 0 Å². The molecule has 2 aliphatic heterocycles.